The summed E-state index contributed by atoms with van der Waals surface area (Å²) in [5.41, 5.74) is 5.17. The van der Waals surface area contributed by atoms with Gasteiger partial charge < -0.3 is 11.1 Å². The summed E-state index contributed by atoms with van der Waals surface area (Å²) in [5, 5.41) is 2.97. The van der Waals surface area contributed by atoms with Crippen LogP contribution in [0.4, 0.5) is 11.4 Å². The third-order valence-electron chi connectivity index (χ3n) is 2.57. The Kier molecular flexibility index (Phi) is 4.49. The van der Waals surface area contributed by atoms with Gasteiger partial charge in [-0.2, -0.15) is 0 Å². The van der Waals surface area contributed by atoms with Crippen molar-refractivity contribution in [3.05, 3.63) is 54.7 Å². The molecule has 0 spiro atoms. The standard InChI is InChI=1S/C12H10BrClN4O3/c13-7-4-18(12(21)17-11(7)20)5-10(19)16-9-3-6(14)1-2-8(9)15/h1-4H,5,15H2,(H,16,19)(H,17,20,21). The number of hydrogen-bond acceptors (Lipinski definition) is 4. The second-order valence-corrected chi connectivity index (χ2v) is 5.43. The molecule has 1 amide bonds. The Balaban J connectivity index is 2.19. The maximum Gasteiger partial charge on any atom is 0.328 e. The first kappa shape index (κ1) is 15.3. The molecule has 0 unspecified atom stereocenters. The highest BCUT2D eigenvalue weighted by Gasteiger charge is 2.09. The van der Waals surface area contributed by atoms with Gasteiger partial charge in [-0.3, -0.25) is 19.1 Å². The second-order valence-electron chi connectivity index (χ2n) is 4.14. The molecule has 0 saturated heterocycles. The molecule has 0 fully saturated rings. The highest BCUT2D eigenvalue weighted by atomic mass is 79.9. The third-order valence-corrected chi connectivity index (χ3v) is 3.37. The number of nitrogens with two attached hydrogens (primary N) is 1. The van der Waals surface area contributed by atoms with Gasteiger partial charge in [0.25, 0.3) is 5.56 Å². The van der Waals surface area contributed by atoms with Gasteiger partial charge in [-0.1, -0.05) is 11.6 Å². The number of nitrogens with one attached hydrogen (secondary N) is 2. The fourth-order valence-electron chi connectivity index (χ4n) is 1.58. The fraction of sp³-hybridized carbons (Fsp3) is 0.0833. The van der Waals surface area contributed by atoms with E-state index in [1.54, 1.807) is 12.1 Å². The molecule has 0 aliphatic rings. The fourth-order valence-corrected chi connectivity index (χ4v) is 2.10. The van der Waals surface area contributed by atoms with E-state index in [9.17, 15) is 14.4 Å². The summed E-state index contributed by atoms with van der Waals surface area (Å²) < 4.78 is 1.21. The van der Waals surface area contributed by atoms with Crippen LogP contribution in [0.5, 0.6) is 0 Å². The Bertz CT molecular complexity index is 815. The number of benzene rings is 1. The smallest absolute Gasteiger partial charge is 0.328 e. The lowest BCUT2D eigenvalue weighted by molar-refractivity contribution is -0.116. The van der Waals surface area contributed by atoms with Crippen LogP contribution < -0.4 is 22.3 Å². The Morgan fingerprint density at radius 3 is 2.86 bits per heavy atom. The van der Waals surface area contributed by atoms with Crippen molar-refractivity contribution in [3.8, 4) is 0 Å². The van der Waals surface area contributed by atoms with E-state index >= 15 is 0 Å². The molecule has 0 aliphatic heterocycles. The Morgan fingerprint density at radius 1 is 1.43 bits per heavy atom. The third kappa shape index (κ3) is 3.73. The topological polar surface area (TPSA) is 110 Å². The molecule has 21 heavy (non-hydrogen) atoms. The zero-order valence-electron chi connectivity index (χ0n) is 10.5. The van der Waals surface area contributed by atoms with Crippen LogP contribution in [0, 0.1) is 0 Å². The number of hydrogen-bond donors (Lipinski definition) is 3. The molecule has 4 N–H and O–H groups in total. The monoisotopic (exact) mass is 372 g/mol. The number of carbonyl (C=O) groups excluding carboxylic acids is 1. The van der Waals surface area contributed by atoms with E-state index in [0.717, 1.165) is 4.57 Å². The zero-order valence-corrected chi connectivity index (χ0v) is 12.9. The number of carbonyl (C=O) groups is 1. The number of aromatic nitrogens is 2. The number of H-pyrrole nitrogens is 1. The molecule has 0 saturated carbocycles. The molecule has 7 nitrogen and oxygen atoms in total. The van der Waals surface area contributed by atoms with E-state index in [1.807, 2.05) is 0 Å². The molecule has 0 aliphatic carbocycles. The summed E-state index contributed by atoms with van der Waals surface area (Å²) in [5.74, 6) is -0.481. The molecule has 1 aromatic carbocycles. The summed E-state index contributed by atoms with van der Waals surface area (Å²) in [6.07, 6.45) is 1.24. The number of amides is 1. The first-order valence-electron chi connectivity index (χ1n) is 5.71. The van der Waals surface area contributed by atoms with Crippen molar-refractivity contribution in [3.63, 3.8) is 0 Å². The van der Waals surface area contributed by atoms with Crippen molar-refractivity contribution in [2.45, 2.75) is 6.54 Å². The molecule has 0 bridgehead atoms. The van der Waals surface area contributed by atoms with Gasteiger partial charge in [-0.25, -0.2) is 4.79 Å². The molecular formula is C12H10BrClN4O3. The predicted molar refractivity (Wildman–Crippen MR) is 83.5 cm³/mol. The molecule has 0 atom stereocenters. The summed E-state index contributed by atoms with van der Waals surface area (Å²) >= 11 is 8.80. The van der Waals surface area contributed by atoms with Crippen molar-refractivity contribution in [2.24, 2.45) is 0 Å². The minimum Gasteiger partial charge on any atom is -0.397 e. The summed E-state index contributed by atoms with van der Waals surface area (Å²) in [4.78, 5) is 36.8. The van der Waals surface area contributed by atoms with Crippen LogP contribution in [0.25, 0.3) is 0 Å². The van der Waals surface area contributed by atoms with Gasteiger partial charge in [-0.15, -0.1) is 0 Å². The van der Waals surface area contributed by atoms with Crippen LogP contribution in [0.15, 0.2) is 38.5 Å². The highest BCUT2D eigenvalue weighted by Crippen LogP contribution is 2.22. The van der Waals surface area contributed by atoms with E-state index in [4.69, 9.17) is 17.3 Å². The SMILES string of the molecule is Nc1ccc(Cl)cc1NC(=O)Cn1cc(Br)c(=O)[nH]c1=O. The van der Waals surface area contributed by atoms with Crippen LogP contribution in [0.1, 0.15) is 0 Å². The number of anilines is 2. The minimum absolute atomic E-state index is 0.150. The number of nitrogen functional groups attached to an aromatic ring is 1. The quantitative estimate of drug-likeness (QED) is 0.702. The molecule has 9 heteroatoms. The van der Waals surface area contributed by atoms with Gasteiger partial charge >= 0.3 is 5.69 Å². The lowest BCUT2D eigenvalue weighted by atomic mass is 10.2. The predicted octanol–water partition coefficient (Wildman–Crippen LogP) is 1.17. The maximum absolute atomic E-state index is 11.9. The average molecular weight is 374 g/mol. The van der Waals surface area contributed by atoms with E-state index in [1.165, 1.54) is 12.3 Å². The Labute approximate surface area is 131 Å². The first-order chi connectivity index (χ1) is 9.86. The van der Waals surface area contributed by atoms with Crippen LogP contribution in [0.2, 0.25) is 5.02 Å². The van der Waals surface area contributed by atoms with Crippen LogP contribution in [-0.4, -0.2) is 15.5 Å². The number of aromatic amines is 1. The largest absolute Gasteiger partial charge is 0.397 e. The molecule has 1 aromatic heterocycles. The molecule has 1 heterocycles. The van der Waals surface area contributed by atoms with Gasteiger partial charge in [0.05, 0.1) is 15.8 Å². The van der Waals surface area contributed by atoms with E-state index in [-0.39, 0.29) is 11.0 Å². The molecular weight excluding hydrogens is 364 g/mol. The second kappa shape index (κ2) is 6.15. The number of rotatable bonds is 3. The number of nitrogens with zero attached hydrogens (tertiary/aromatic N) is 1. The highest BCUT2D eigenvalue weighted by molar-refractivity contribution is 9.10. The number of halogens is 2. The van der Waals surface area contributed by atoms with Gasteiger partial charge in [0, 0.05) is 11.2 Å². The maximum atomic E-state index is 11.9. The van der Waals surface area contributed by atoms with Crippen LogP contribution >= 0.6 is 27.5 Å². The van der Waals surface area contributed by atoms with Crippen molar-refractivity contribution in [1.82, 2.24) is 9.55 Å². The van der Waals surface area contributed by atoms with Gasteiger partial charge in [0.15, 0.2) is 0 Å². The van der Waals surface area contributed by atoms with Gasteiger partial charge in [0.2, 0.25) is 5.91 Å². The average Bonchev–Trinajstić information content (AvgIpc) is 2.40. The van der Waals surface area contributed by atoms with E-state index in [2.05, 4.69) is 26.2 Å². The van der Waals surface area contributed by atoms with Crippen LogP contribution in [-0.2, 0) is 11.3 Å². The van der Waals surface area contributed by atoms with E-state index < -0.39 is 17.2 Å². The lowest BCUT2D eigenvalue weighted by Gasteiger charge is -2.09. The van der Waals surface area contributed by atoms with E-state index in [0.29, 0.717) is 16.4 Å². The molecule has 2 aromatic rings. The van der Waals surface area contributed by atoms with Gasteiger partial charge in [0.1, 0.15) is 6.54 Å². The summed E-state index contributed by atoms with van der Waals surface area (Å²) in [6.45, 7) is -0.278. The van der Waals surface area contributed by atoms with Crippen LogP contribution in [0.3, 0.4) is 0 Å². The summed E-state index contributed by atoms with van der Waals surface area (Å²) in [6, 6.07) is 4.65. The normalized spacial score (nSPS) is 10.4. The zero-order chi connectivity index (χ0) is 15.6. The van der Waals surface area contributed by atoms with Crippen molar-refractivity contribution < 1.29 is 4.79 Å². The van der Waals surface area contributed by atoms with Crippen molar-refractivity contribution in [2.75, 3.05) is 11.1 Å². The van der Waals surface area contributed by atoms with Gasteiger partial charge in [-0.05, 0) is 34.1 Å². The Morgan fingerprint density at radius 2 is 2.14 bits per heavy atom. The minimum atomic E-state index is -0.683. The molecule has 2 rings (SSSR count). The molecule has 110 valence electrons. The Hall–Kier alpha value is -2.06. The van der Waals surface area contributed by atoms with Crippen molar-refractivity contribution >= 4 is 44.8 Å². The molecule has 0 radical (unpaired) electrons. The van der Waals surface area contributed by atoms with Crippen molar-refractivity contribution in [1.29, 1.82) is 0 Å². The lowest BCUT2D eigenvalue weighted by Crippen LogP contribution is -2.33. The summed E-state index contributed by atoms with van der Waals surface area (Å²) in [7, 11) is 0. The first-order valence-corrected chi connectivity index (χ1v) is 6.88.